The van der Waals surface area contributed by atoms with E-state index < -0.39 is 0 Å². The molecule has 13 heavy (non-hydrogen) atoms. The molecule has 0 radical (unpaired) electrons. The number of amides is 2. The summed E-state index contributed by atoms with van der Waals surface area (Å²) in [6.07, 6.45) is 6.19. The Morgan fingerprint density at radius 2 is 1.92 bits per heavy atom. The Morgan fingerprint density at radius 1 is 1.38 bits per heavy atom. The van der Waals surface area contributed by atoms with Gasteiger partial charge in [0.25, 0.3) is 0 Å². The summed E-state index contributed by atoms with van der Waals surface area (Å²) in [6.45, 7) is 5.55. The van der Waals surface area contributed by atoms with Crippen LogP contribution < -0.4 is 5.32 Å². The first kappa shape index (κ1) is 10.1. The van der Waals surface area contributed by atoms with E-state index in [4.69, 9.17) is 0 Å². The van der Waals surface area contributed by atoms with Gasteiger partial charge in [-0.15, -0.1) is 0 Å². The van der Waals surface area contributed by atoms with Crippen molar-refractivity contribution in [3.63, 3.8) is 0 Å². The summed E-state index contributed by atoms with van der Waals surface area (Å²) in [5.74, 6) is 0. The summed E-state index contributed by atoms with van der Waals surface area (Å²) in [5.41, 5.74) is 0. The van der Waals surface area contributed by atoms with E-state index in [9.17, 15) is 4.79 Å². The summed E-state index contributed by atoms with van der Waals surface area (Å²) in [6, 6.07) is 0.395. The summed E-state index contributed by atoms with van der Waals surface area (Å²) in [5, 5.41) is 3.01. The average molecular weight is 182 g/mol. The minimum Gasteiger partial charge on any atom is -0.335 e. The largest absolute Gasteiger partial charge is 0.335 e. The number of nitrogens with zero attached hydrogens (tertiary/aromatic N) is 1. The summed E-state index contributed by atoms with van der Waals surface area (Å²) in [7, 11) is 0. The van der Waals surface area contributed by atoms with E-state index in [2.05, 4.69) is 17.5 Å². The third-order valence-corrected chi connectivity index (χ3v) is 2.39. The zero-order valence-corrected chi connectivity index (χ0v) is 8.42. The number of carbonyl (C=O) groups is 1. The Kier molecular flexibility index (Phi) is 3.80. The highest BCUT2D eigenvalue weighted by Crippen LogP contribution is 2.09. The molecule has 0 bridgehead atoms. The predicted octanol–water partition coefficient (Wildman–Crippen LogP) is 1.76. The van der Waals surface area contributed by atoms with Gasteiger partial charge in [0.2, 0.25) is 0 Å². The fourth-order valence-corrected chi connectivity index (χ4v) is 1.51. The van der Waals surface area contributed by atoms with Crippen LogP contribution in [0.1, 0.15) is 26.7 Å². The third-order valence-electron chi connectivity index (χ3n) is 2.39. The molecule has 0 saturated carbocycles. The Bertz CT molecular complexity index is 189. The number of hydrogen-bond donors (Lipinski definition) is 1. The van der Waals surface area contributed by atoms with Crippen LogP contribution >= 0.6 is 0 Å². The van der Waals surface area contributed by atoms with Crippen LogP contribution in [-0.4, -0.2) is 30.1 Å². The van der Waals surface area contributed by atoms with Gasteiger partial charge in [-0.1, -0.05) is 12.2 Å². The molecule has 0 heterocycles. The van der Waals surface area contributed by atoms with Gasteiger partial charge in [-0.3, -0.25) is 0 Å². The number of hydrogen-bond acceptors (Lipinski definition) is 1. The smallest absolute Gasteiger partial charge is 0.317 e. The highest BCUT2D eigenvalue weighted by molar-refractivity contribution is 5.74. The van der Waals surface area contributed by atoms with Crippen molar-refractivity contribution in [2.75, 3.05) is 13.1 Å². The molecular formula is C10H18N2O. The summed E-state index contributed by atoms with van der Waals surface area (Å²) in [4.78, 5) is 13.4. The minimum atomic E-state index is 0.0682. The minimum absolute atomic E-state index is 0.0682. The van der Waals surface area contributed by atoms with Crippen LogP contribution in [0, 0.1) is 0 Å². The van der Waals surface area contributed by atoms with Crippen molar-refractivity contribution < 1.29 is 4.79 Å². The molecule has 3 nitrogen and oxygen atoms in total. The van der Waals surface area contributed by atoms with Crippen molar-refractivity contribution in [2.24, 2.45) is 0 Å². The van der Waals surface area contributed by atoms with Gasteiger partial charge in [0, 0.05) is 19.1 Å². The van der Waals surface area contributed by atoms with Crippen LogP contribution in [0.2, 0.25) is 0 Å². The van der Waals surface area contributed by atoms with Gasteiger partial charge in [0.1, 0.15) is 0 Å². The van der Waals surface area contributed by atoms with Crippen LogP contribution in [0.5, 0.6) is 0 Å². The van der Waals surface area contributed by atoms with Gasteiger partial charge in [-0.2, -0.15) is 0 Å². The van der Waals surface area contributed by atoms with E-state index >= 15 is 0 Å². The zero-order chi connectivity index (χ0) is 9.68. The lowest BCUT2D eigenvalue weighted by Gasteiger charge is -2.22. The van der Waals surface area contributed by atoms with Crippen LogP contribution in [0.4, 0.5) is 4.79 Å². The molecule has 2 amide bonds. The summed E-state index contributed by atoms with van der Waals surface area (Å²) < 4.78 is 0. The lowest BCUT2D eigenvalue weighted by Crippen LogP contribution is -2.43. The second-order valence-corrected chi connectivity index (χ2v) is 3.26. The summed E-state index contributed by atoms with van der Waals surface area (Å²) >= 11 is 0. The van der Waals surface area contributed by atoms with E-state index in [-0.39, 0.29) is 6.03 Å². The van der Waals surface area contributed by atoms with Crippen LogP contribution in [-0.2, 0) is 0 Å². The normalized spacial score (nSPS) is 16.2. The molecule has 0 atom stereocenters. The van der Waals surface area contributed by atoms with E-state index in [1.807, 2.05) is 13.8 Å². The molecule has 0 aromatic carbocycles. The molecule has 0 aliphatic heterocycles. The van der Waals surface area contributed by atoms with Gasteiger partial charge in [0.15, 0.2) is 0 Å². The van der Waals surface area contributed by atoms with Crippen molar-refractivity contribution in [2.45, 2.75) is 32.7 Å². The SMILES string of the molecule is CCN(CC)C(=O)NC1CC=CC1. The molecule has 1 aliphatic carbocycles. The lowest BCUT2D eigenvalue weighted by molar-refractivity contribution is 0.199. The Morgan fingerprint density at radius 3 is 2.38 bits per heavy atom. The van der Waals surface area contributed by atoms with E-state index in [1.165, 1.54) is 0 Å². The fraction of sp³-hybridized carbons (Fsp3) is 0.700. The van der Waals surface area contributed by atoms with E-state index in [1.54, 1.807) is 4.90 Å². The highest BCUT2D eigenvalue weighted by atomic mass is 16.2. The highest BCUT2D eigenvalue weighted by Gasteiger charge is 2.15. The molecule has 0 unspecified atom stereocenters. The number of rotatable bonds is 3. The second-order valence-electron chi connectivity index (χ2n) is 3.26. The van der Waals surface area contributed by atoms with Crippen molar-refractivity contribution in [3.05, 3.63) is 12.2 Å². The van der Waals surface area contributed by atoms with Gasteiger partial charge >= 0.3 is 6.03 Å². The maximum Gasteiger partial charge on any atom is 0.317 e. The van der Waals surface area contributed by atoms with Crippen molar-refractivity contribution in [1.29, 1.82) is 0 Å². The predicted molar refractivity (Wildman–Crippen MR) is 53.6 cm³/mol. The molecular weight excluding hydrogens is 164 g/mol. The van der Waals surface area contributed by atoms with Crippen molar-refractivity contribution in [1.82, 2.24) is 10.2 Å². The van der Waals surface area contributed by atoms with E-state index in [0.29, 0.717) is 6.04 Å². The maximum atomic E-state index is 11.5. The van der Waals surface area contributed by atoms with Crippen molar-refractivity contribution in [3.8, 4) is 0 Å². The molecule has 0 aromatic heterocycles. The fourth-order valence-electron chi connectivity index (χ4n) is 1.51. The molecule has 1 rings (SSSR count). The maximum absolute atomic E-state index is 11.5. The Balaban J connectivity index is 2.30. The first-order chi connectivity index (χ1) is 6.27. The number of urea groups is 1. The monoisotopic (exact) mass is 182 g/mol. The number of carbonyl (C=O) groups excluding carboxylic acids is 1. The topological polar surface area (TPSA) is 32.3 Å². The number of nitrogens with one attached hydrogen (secondary N) is 1. The quantitative estimate of drug-likeness (QED) is 0.663. The molecule has 3 heteroatoms. The van der Waals surface area contributed by atoms with Gasteiger partial charge < -0.3 is 10.2 Å². The molecule has 0 saturated heterocycles. The Hall–Kier alpha value is -0.990. The van der Waals surface area contributed by atoms with Gasteiger partial charge in [-0.05, 0) is 26.7 Å². The lowest BCUT2D eigenvalue weighted by atomic mass is 10.2. The molecule has 74 valence electrons. The van der Waals surface area contributed by atoms with Crippen LogP contribution in [0.25, 0.3) is 0 Å². The molecule has 1 aliphatic rings. The van der Waals surface area contributed by atoms with E-state index in [0.717, 1.165) is 25.9 Å². The molecule has 0 spiro atoms. The Labute approximate surface area is 79.8 Å². The average Bonchev–Trinajstić information content (AvgIpc) is 2.59. The second kappa shape index (κ2) is 4.90. The van der Waals surface area contributed by atoms with Crippen molar-refractivity contribution >= 4 is 6.03 Å². The zero-order valence-electron chi connectivity index (χ0n) is 8.42. The van der Waals surface area contributed by atoms with Gasteiger partial charge in [0.05, 0.1) is 0 Å². The van der Waals surface area contributed by atoms with Gasteiger partial charge in [-0.25, -0.2) is 4.79 Å². The first-order valence-electron chi connectivity index (χ1n) is 4.98. The standard InChI is InChI=1S/C10H18N2O/c1-3-12(4-2)10(13)11-9-7-5-6-8-9/h5-6,9H,3-4,7-8H2,1-2H3,(H,11,13). The molecule has 0 fully saturated rings. The first-order valence-corrected chi connectivity index (χ1v) is 4.98. The van der Waals surface area contributed by atoms with Crippen LogP contribution in [0.3, 0.4) is 0 Å². The molecule has 1 N–H and O–H groups in total. The third kappa shape index (κ3) is 2.76. The molecule has 0 aromatic rings. The van der Waals surface area contributed by atoms with Crippen LogP contribution in [0.15, 0.2) is 12.2 Å².